The number of hydrogen-bond acceptors (Lipinski definition) is 4. The van der Waals surface area contributed by atoms with E-state index in [1.807, 2.05) is 29.0 Å². The maximum Gasteiger partial charge on any atom is 0.337 e. The number of aryl methyl sites for hydroxylation is 1. The first-order chi connectivity index (χ1) is 9.66. The van der Waals surface area contributed by atoms with E-state index in [4.69, 9.17) is 5.11 Å². The predicted octanol–water partition coefficient (Wildman–Crippen LogP) is 3.01. The van der Waals surface area contributed by atoms with E-state index in [1.54, 1.807) is 29.5 Å². The lowest BCUT2D eigenvalue weighted by Gasteiger charge is -2.09. The Morgan fingerprint density at radius 3 is 3.05 bits per heavy atom. The van der Waals surface area contributed by atoms with E-state index in [0.717, 1.165) is 16.3 Å². The number of imidazole rings is 1. The fourth-order valence-electron chi connectivity index (χ4n) is 2.16. The first kappa shape index (κ1) is 12.7. The van der Waals surface area contributed by atoms with Gasteiger partial charge in [0.2, 0.25) is 0 Å². The van der Waals surface area contributed by atoms with Crippen LogP contribution in [0.15, 0.2) is 35.8 Å². The van der Waals surface area contributed by atoms with Crippen LogP contribution in [0.4, 0.5) is 5.69 Å². The number of nitrogens with zero attached hydrogens (tertiary/aromatic N) is 2. The minimum atomic E-state index is -0.932. The molecule has 0 fully saturated rings. The number of rotatable bonds is 4. The van der Waals surface area contributed by atoms with Gasteiger partial charge in [-0.2, -0.15) is 0 Å². The molecule has 0 unspecified atom stereocenters. The molecule has 0 radical (unpaired) electrons. The minimum absolute atomic E-state index is 0.274. The fourth-order valence-corrected chi connectivity index (χ4v) is 2.93. The van der Waals surface area contributed by atoms with Gasteiger partial charge in [-0.1, -0.05) is 12.1 Å². The van der Waals surface area contributed by atoms with Crippen LogP contribution in [-0.2, 0) is 6.54 Å². The Bertz CT molecular complexity index is 776. The summed E-state index contributed by atoms with van der Waals surface area (Å²) in [5, 5.41) is 14.3. The highest BCUT2D eigenvalue weighted by Gasteiger charge is 2.12. The van der Waals surface area contributed by atoms with Crippen molar-refractivity contribution in [1.29, 1.82) is 0 Å². The summed E-state index contributed by atoms with van der Waals surface area (Å²) >= 11 is 1.58. The van der Waals surface area contributed by atoms with E-state index in [-0.39, 0.29) is 5.56 Å². The van der Waals surface area contributed by atoms with Gasteiger partial charge in [0.1, 0.15) is 0 Å². The van der Waals surface area contributed by atoms with Crippen molar-refractivity contribution in [1.82, 2.24) is 9.38 Å². The van der Waals surface area contributed by atoms with Crippen molar-refractivity contribution < 1.29 is 9.90 Å². The molecule has 0 amide bonds. The molecule has 0 saturated carbocycles. The molecule has 0 spiro atoms. The zero-order chi connectivity index (χ0) is 14.1. The van der Waals surface area contributed by atoms with Crippen molar-refractivity contribution in [3.8, 4) is 0 Å². The second-order valence-electron chi connectivity index (χ2n) is 4.40. The first-order valence-electron chi connectivity index (χ1n) is 6.14. The average Bonchev–Trinajstić information content (AvgIpc) is 2.97. The number of aromatic carboxylic acids is 1. The van der Waals surface area contributed by atoms with Gasteiger partial charge in [-0.05, 0) is 19.1 Å². The standard InChI is InChI=1S/C14H13N3O2S/c1-9-12(17-6-7-20-14(17)16-9)8-15-11-5-3-2-4-10(11)13(18)19/h2-7,15H,8H2,1H3,(H,18,19). The van der Waals surface area contributed by atoms with Crippen LogP contribution in [0, 0.1) is 6.92 Å². The highest BCUT2D eigenvalue weighted by Crippen LogP contribution is 2.20. The molecule has 5 nitrogen and oxygen atoms in total. The highest BCUT2D eigenvalue weighted by molar-refractivity contribution is 7.15. The molecule has 6 heteroatoms. The number of carboxylic acids is 1. The van der Waals surface area contributed by atoms with Crippen LogP contribution in [-0.4, -0.2) is 20.5 Å². The zero-order valence-corrected chi connectivity index (χ0v) is 11.6. The molecule has 1 aromatic carbocycles. The summed E-state index contributed by atoms with van der Waals surface area (Å²) in [7, 11) is 0. The van der Waals surface area contributed by atoms with Crippen LogP contribution < -0.4 is 5.32 Å². The number of aromatic nitrogens is 2. The molecular weight excluding hydrogens is 274 g/mol. The van der Waals surface area contributed by atoms with Crippen LogP contribution in [0.1, 0.15) is 21.7 Å². The van der Waals surface area contributed by atoms with Gasteiger partial charge in [0.05, 0.1) is 23.5 Å². The Morgan fingerprint density at radius 2 is 2.25 bits per heavy atom. The molecule has 3 rings (SSSR count). The van der Waals surface area contributed by atoms with Crippen LogP contribution in [0.2, 0.25) is 0 Å². The molecule has 2 aromatic heterocycles. The smallest absolute Gasteiger partial charge is 0.337 e. The third-order valence-corrected chi connectivity index (χ3v) is 3.92. The lowest BCUT2D eigenvalue weighted by atomic mass is 10.2. The topological polar surface area (TPSA) is 66.6 Å². The first-order valence-corrected chi connectivity index (χ1v) is 7.02. The Kier molecular flexibility index (Phi) is 3.15. The van der Waals surface area contributed by atoms with Crippen molar-refractivity contribution in [3.05, 3.63) is 52.8 Å². The molecule has 0 aliphatic carbocycles. The molecule has 0 saturated heterocycles. The molecule has 102 valence electrons. The Morgan fingerprint density at radius 1 is 1.45 bits per heavy atom. The summed E-state index contributed by atoms with van der Waals surface area (Å²) in [4.78, 5) is 16.6. The minimum Gasteiger partial charge on any atom is -0.478 e. The van der Waals surface area contributed by atoms with E-state index < -0.39 is 5.97 Å². The zero-order valence-electron chi connectivity index (χ0n) is 10.8. The van der Waals surface area contributed by atoms with Crippen molar-refractivity contribution in [2.45, 2.75) is 13.5 Å². The van der Waals surface area contributed by atoms with Crippen LogP contribution in [0.5, 0.6) is 0 Å². The summed E-state index contributed by atoms with van der Waals surface area (Å²) in [5.41, 5.74) is 2.89. The summed E-state index contributed by atoms with van der Waals surface area (Å²) in [6, 6.07) is 6.90. The van der Waals surface area contributed by atoms with Crippen molar-refractivity contribution in [2.75, 3.05) is 5.32 Å². The summed E-state index contributed by atoms with van der Waals surface area (Å²) < 4.78 is 2.02. The molecule has 0 atom stereocenters. The molecule has 0 aliphatic rings. The molecule has 20 heavy (non-hydrogen) atoms. The van der Waals surface area contributed by atoms with E-state index in [9.17, 15) is 4.79 Å². The lowest BCUT2D eigenvalue weighted by Crippen LogP contribution is -2.08. The number of carbonyl (C=O) groups is 1. The Labute approximate surface area is 119 Å². The number of para-hydroxylation sites is 1. The van der Waals surface area contributed by atoms with Gasteiger partial charge in [0, 0.05) is 17.3 Å². The summed E-state index contributed by atoms with van der Waals surface area (Å²) in [6.07, 6.45) is 1.97. The number of thiazole rings is 1. The lowest BCUT2D eigenvalue weighted by molar-refractivity contribution is 0.0698. The van der Waals surface area contributed by atoms with Crippen LogP contribution >= 0.6 is 11.3 Å². The highest BCUT2D eigenvalue weighted by atomic mass is 32.1. The molecule has 3 aromatic rings. The molecule has 2 N–H and O–H groups in total. The maximum atomic E-state index is 11.2. The van der Waals surface area contributed by atoms with Crippen molar-refractivity contribution in [3.63, 3.8) is 0 Å². The third-order valence-electron chi connectivity index (χ3n) is 3.17. The Balaban J connectivity index is 1.88. The molecule has 0 aliphatic heterocycles. The molecule has 0 bridgehead atoms. The number of benzene rings is 1. The number of fused-ring (bicyclic) bond motifs is 1. The van der Waals surface area contributed by atoms with E-state index in [2.05, 4.69) is 10.3 Å². The summed E-state index contributed by atoms with van der Waals surface area (Å²) in [6.45, 7) is 2.49. The van der Waals surface area contributed by atoms with Gasteiger partial charge in [-0.3, -0.25) is 4.40 Å². The van der Waals surface area contributed by atoms with Gasteiger partial charge in [-0.15, -0.1) is 11.3 Å². The second-order valence-corrected chi connectivity index (χ2v) is 5.28. The Hall–Kier alpha value is -2.34. The molecular formula is C14H13N3O2S. The SMILES string of the molecule is Cc1nc2sccn2c1CNc1ccccc1C(=O)O. The van der Waals surface area contributed by atoms with Gasteiger partial charge in [-0.25, -0.2) is 9.78 Å². The number of nitrogens with one attached hydrogen (secondary N) is 1. The maximum absolute atomic E-state index is 11.2. The fraction of sp³-hybridized carbons (Fsp3) is 0.143. The van der Waals surface area contributed by atoms with Crippen LogP contribution in [0.25, 0.3) is 4.96 Å². The van der Waals surface area contributed by atoms with E-state index >= 15 is 0 Å². The number of anilines is 1. The third kappa shape index (κ3) is 2.14. The quantitative estimate of drug-likeness (QED) is 0.774. The molecule has 2 heterocycles. The van der Waals surface area contributed by atoms with E-state index in [1.165, 1.54) is 0 Å². The van der Waals surface area contributed by atoms with Crippen molar-refractivity contribution in [2.24, 2.45) is 0 Å². The predicted molar refractivity (Wildman–Crippen MR) is 78.5 cm³/mol. The van der Waals surface area contributed by atoms with Gasteiger partial charge < -0.3 is 10.4 Å². The van der Waals surface area contributed by atoms with Crippen molar-refractivity contribution >= 4 is 28.0 Å². The number of hydrogen-bond donors (Lipinski definition) is 2. The summed E-state index contributed by atoms with van der Waals surface area (Å²) in [5.74, 6) is -0.932. The van der Waals surface area contributed by atoms with Crippen LogP contribution in [0.3, 0.4) is 0 Å². The van der Waals surface area contributed by atoms with Gasteiger partial charge >= 0.3 is 5.97 Å². The van der Waals surface area contributed by atoms with E-state index in [0.29, 0.717) is 12.2 Å². The average molecular weight is 287 g/mol. The van der Waals surface area contributed by atoms with Gasteiger partial charge in [0.15, 0.2) is 4.96 Å². The normalized spacial score (nSPS) is 10.8. The monoisotopic (exact) mass is 287 g/mol. The second kappa shape index (κ2) is 4.97. The number of carboxylic acid groups (broad SMARTS) is 1. The van der Waals surface area contributed by atoms with Gasteiger partial charge in [0.25, 0.3) is 0 Å². The largest absolute Gasteiger partial charge is 0.478 e.